The standard InChI is InChI=1S/C8H10BNO3/c1-13-8-3-2-6-10-7(8)4-5-9(11)12/h2-6,11-12H,1H3/b5-4+. The first kappa shape index (κ1) is 9.76. The van der Waals surface area contributed by atoms with E-state index in [4.69, 9.17) is 14.8 Å². The molecule has 0 spiro atoms. The lowest BCUT2D eigenvalue weighted by molar-refractivity contribution is 0.411. The smallest absolute Gasteiger partial charge is 0.480 e. The Hall–Kier alpha value is -1.33. The maximum Gasteiger partial charge on any atom is 0.480 e. The van der Waals surface area contributed by atoms with Crippen molar-refractivity contribution in [3.8, 4) is 5.75 Å². The van der Waals surface area contributed by atoms with E-state index in [0.29, 0.717) is 11.4 Å². The Morgan fingerprint density at radius 2 is 2.31 bits per heavy atom. The minimum Gasteiger partial charge on any atom is -0.494 e. The summed E-state index contributed by atoms with van der Waals surface area (Å²) in [5, 5.41) is 17.2. The number of methoxy groups -OCH3 is 1. The molecule has 0 fully saturated rings. The van der Waals surface area contributed by atoms with Crippen molar-refractivity contribution in [1.29, 1.82) is 0 Å². The molecule has 0 radical (unpaired) electrons. The predicted molar refractivity (Wildman–Crippen MR) is 50.0 cm³/mol. The summed E-state index contributed by atoms with van der Waals surface area (Å²) < 4.78 is 5.00. The molecule has 0 bridgehead atoms. The molecule has 1 aromatic heterocycles. The molecule has 0 aliphatic heterocycles. The van der Waals surface area contributed by atoms with Crippen LogP contribution in [-0.2, 0) is 0 Å². The molecular weight excluding hydrogens is 169 g/mol. The van der Waals surface area contributed by atoms with E-state index in [0.717, 1.165) is 0 Å². The summed E-state index contributed by atoms with van der Waals surface area (Å²) in [7, 11) is 0.0655. The van der Waals surface area contributed by atoms with Crippen LogP contribution in [0.15, 0.2) is 24.3 Å². The lowest BCUT2D eigenvalue weighted by Gasteiger charge is -2.01. The highest BCUT2D eigenvalue weighted by Crippen LogP contribution is 2.15. The van der Waals surface area contributed by atoms with Gasteiger partial charge < -0.3 is 14.8 Å². The van der Waals surface area contributed by atoms with Crippen LogP contribution in [0.2, 0.25) is 0 Å². The van der Waals surface area contributed by atoms with Crippen molar-refractivity contribution < 1.29 is 14.8 Å². The molecule has 5 heteroatoms. The maximum absolute atomic E-state index is 8.58. The second kappa shape index (κ2) is 4.64. The Morgan fingerprint density at radius 1 is 1.54 bits per heavy atom. The van der Waals surface area contributed by atoms with Crippen molar-refractivity contribution in [2.45, 2.75) is 0 Å². The van der Waals surface area contributed by atoms with Gasteiger partial charge in [0.1, 0.15) is 11.4 Å². The summed E-state index contributed by atoms with van der Waals surface area (Å²) in [6.07, 6.45) is 3.09. The number of aromatic nitrogens is 1. The first-order valence-electron chi connectivity index (χ1n) is 3.77. The fraction of sp³-hybridized carbons (Fsp3) is 0.125. The fourth-order valence-electron chi connectivity index (χ4n) is 0.878. The Morgan fingerprint density at radius 3 is 2.92 bits per heavy atom. The monoisotopic (exact) mass is 179 g/mol. The zero-order chi connectivity index (χ0) is 9.68. The van der Waals surface area contributed by atoms with E-state index >= 15 is 0 Å². The van der Waals surface area contributed by atoms with E-state index in [1.54, 1.807) is 18.3 Å². The highest BCUT2D eigenvalue weighted by Gasteiger charge is 2.02. The van der Waals surface area contributed by atoms with Gasteiger partial charge >= 0.3 is 7.12 Å². The molecule has 0 aromatic carbocycles. The van der Waals surface area contributed by atoms with Gasteiger partial charge in [-0.15, -0.1) is 0 Å². The van der Waals surface area contributed by atoms with Crippen LogP contribution in [0.25, 0.3) is 6.08 Å². The quantitative estimate of drug-likeness (QED) is 0.646. The Balaban J connectivity index is 2.87. The van der Waals surface area contributed by atoms with Crippen LogP contribution in [0.5, 0.6) is 5.75 Å². The summed E-state index contributed by atoms with van der Waals surface area (Å²) in [4.78, 5) is 3.99. The first-order valence-corrected chi connectivity index (χ1v) is 3.77. The molecule has 4 nitrogen and oxygen atoms in total. The van der Waals surface area contributed by atoms with E-state index in [9.17, 15) is 0 Å². The lowest BCUT2D eigenvalue weighted by Crippen LogP contribution is -2.05. The normalized spacial score (nSPS) is 10.4. The second-order valence-corrected chi connectivity index (χ2v) is 2.36. The van der Waals surface area contributed by atoms with Gasteiger partial charge in [0.15, 0.2) is 0 Å². The third-order valence-electron chi connectivity index (χ3n) is 1.45. The summed E-state index contributed by atoms with van der Waals surface area (Å²) >= 11 is 0. The molecule has 0 amide bonds. The van der Waals surface area contributed by atoms with Crippen molar-refractivity contribution in [3.05, 3.63) is 30.0 Å². The molecule has 68 valence electrons. The van der Waals surface area contributed by atoms with Gasteiger partial charge in [-0.2, -0.15) is 0 Å². The molecule has 1 aromatic rings. The van der Waals surface area contributed by atoms with Gasteiger partial charge in [-0.1, -0.05) is 5.98 Å². The largest absolute Gasteiger partial charge is 0.494 e. The third-order valence-corrected chi connectivity index (χ3v) is 1.45. The van der Waals surface area contributed by atoms with Crippen LogP contribution in [0, 0.1) is 0 Å². The van der Waals surface area contributed by atoms with Crippen molar-refractivity contribution in [2.24, 2.45) is 0 Å². The fourth-order valence-corrected chi connectivity index (χ4v) is 0.878. The Kier molecular flexibility index (Phi) is 3.48. The number of nitrogens with zero attached hydrogens (tertiary/aromatic N) is 1. The molecule has 0 aliphatic rings. The molecular formula is C8H10BNO3. The van der Waals surface area contributed by atoms with Gasteiger partial charge in [0, 0.05) is 6.20 Å². The molecule has 0 aliphatic carbocycles. The number of rotatable bonds is 3. The van der Waals surface area contributed by atoms with Gasteiger partial charge in [0.25, 0.3) is 0 Å². The molecule has 0 atom stereocenters. The zero-order valence-corrected chi connectivity index (χ0v) is 7.21. The molecule has 13 heavy (non-hydrogen) atoms. The molecule has 1 rings (SSSR count). The molecule has 0 unspecified atom stereocenters. The number of hydrogen-bond acceptors (Lipinski definition) is 4. The summed E-state index contributed by atoms with van der Waals surface area (Å²) in [6, 6.07) is 3.49. The average molecular weight is 179 g/mol. The van der Waals surface area contributed by atoms with E-state index in [2.05, 4.69) is 4.98 Å². The van der Waals surface area contributed by atoms with E-state index in [-0.39, 0.29) is 0 Å². The SMILES string of the molecule is COc1cccnc1/C=C/B(O)O. The van der Waals surface area contributed by atoms with Crippen molar-refractivity contribution in [2.75, 3.05) is 7.11 Å². The van der Waals surface area contributed by atoms with Crippen molar-refractivity contribution in [1.82, 2.24) is 4.98 Å². The number of pyridine rings is 1. The first-order chi connectivity index (χ1) is 6.24. The van der Waals surface area contributed by atoms with Crippen LogP contribution in [0.4, 0.5) is 0 Å². The van der Waals surface area contributed by atoms with Crippen LogP contribution < -0.4 is 4.74 Å². The van der Waals surface area contributed by atoms with E-state index < -0.39 is 7.12 Å². The summed E-state index contributed by atoms with van der Waals surface area (Å²) in [5.41, 5.74) is 0.568. The molecule has 2 N–H and O–H groups in total. The van der Waals surface area contributed by atoms with Crippen LogP contribution >= 0.6 is 0 Å². The Bertz CT molecular complexity index is 301. The third kappa shape index (κ3) is 2.89. The van der Waals surface area contributed by atoms with Gasteiger partial charge in [0.2, 0.25) is 0 Å². The summed E-state index contributed by atoms with van der Waals surface area (Å²) in [6.45, 7) is 0. The predicted octanol–water partition coefficient (Wildman–Crippen LogP) is 0.115. The maximum atomic E-state index is 8.58. The van der Waals surface area contributed by atoms with E-state index in [1.165, 1.54) is 19.2 Å². The van der Waals surface area contributed by atoms with Crippen LogP contribution in [-0.4, -0.2) is 29.3 Å². The van der Waals surface area contributed by atoms with Gasteiger partial charge in [0.05, 0.1) is 7.11 Å². The van der Waals surface area contributed by atoms with Crippen LogP contribution in [0.1, 0.15) is 5.69 Å². The molecule has 0 saturated heterocycles. The highest BCUT2D eigenvalue weighted by atomic mass is 16.5. The van der Waals surface area contributed by atoms with Crippen molar-refractivity contribution >= 4 is 13.2 Å². The van der Waals surface area contributed by atoms with Gasteiger partial charge in [-0.3, -0.25) is 4.98 Å². The lowest BCUT2D eigenvalue weighted by atomic mass is 9.91. The number of ether oxygens (including phenoxy) is 1. The molecule has 1 heterocycles. The van der Waals surface area contributed by atoms with Gasteiger partial charge in [-0.25, -0.2) is 0 Å². The average Bonchev–Trinajstić information content (AvgIpc) is 2.15. The van der Waals surface area contributed by atoms with Crippen LogP contribution in [0.3, 0.4) is 0 Å². The van der Waals surface area contributed by atoms with E-state index in [1.807, 2.05) is 0 Å². The Labute approximate surface area is 76.7 Å². The minimum absolute atomic E-state index is 0.568. The zero-order valence-electron chi connectivity index (χ0n) is 7.21. The second-order valence-electron chi connectivity index (χ2n) is 2.36. The topological polar surface area (TPSA) is 62.6 Å². The van der Waals surface area contributed by atoms with Crippen molar-refractivity contribution in [3.63, 3.8) is 0 Å². The minimum atomic E-state index is -1.47. The van der Waals surface area contributed by atoms with Gasteiger partial charge in [-0.05, 0) is 18.2 Å². The summed E-state index contributed by atoms with van der Waals surface area (Å²) in [5.74, 6) is 1.81. The number of hydrogen-bond donors (Lipinski definition) is 2. The molecule has 0 saturated carbocycles. The highest BCUT2D eigenvalue weighted by molar-refractivity contribution is 6.48.